The molecule has 21 heavy (non-hydrogen) atoms. The molecule has 5 nitrogen and oxygen atoms in total. The highest BCUT2D eigenvalue weighted by atomic mass is 32.1. The van der Waals surface area contributed by atoms with Crippen LogP contribution in [0, 0.1) is 0 Å². The maximum absolute atomic E-state index is 11.9. The second-order valence-electron chi connectivity index (χ2n) is 4.50. The summed E-state index contributed by atoms with van der Waals surface area (Å²) in [6, 6.07) is 7.59. The molecule has 0 radical (unpaired) electrons. The molecule has 0 aliphatic heterocycles. The first kappa shape index (κ1) is 13.5. The zero-order valence-electron chi connectivity index (χ0n) is 10.9. The van der Waals surface area contributed by atoms with Gasteiger partial charge in [-0.05, 0) is 6.07 Å². The number of para-hydroxylation sites is 1. The van der Waals surface area contributed by atoms with E-state index < -0.39 is 5.97 Å². The molecule has 0 aliphatic rings. The molecular weight excluding hydrogens is 290 g/mol. The number of carbonyl (C=O) groups is 2. The minimum atomic E-state index is -0.985. The van der Waals surface area contributed by atoms with Crippen LogP contribution in [0.25, 0.3) is 22.2 Å². The standard InChI is InChI=1S/C15H11NO4S/c17-12(5-6-14(18)19)15-16-11(8-21-15)10-7-20-13-4-2-1-3-9(10)13/h1-4,7-8H,5-6H2,(H,18,19). The molecule has 0 fully saturated rings. The van der Waals surface area contributed by atoms with Gasteiger partial charge in [-0.3, -0.25) is 9.59 Å². The Morgan fingerprint density at radius 2 is 2.05 bits per heavy atom. The summed E-state index contributed by atoms with van der Waals surface area (Å²) in [5.74, 6) is -1.23. The van der Waals surface area contributed by atoms with E-state index in [1.165, 1.54) is 11.3 Å². The van der Waals surface area contributed by atoms with E-state index >= 15 is 0 Å². The number of hydrogen-bond donors (Lipinski definition) is 1. The third kappa shape index (κ3) is 2.71. The Kier molecular flexibility index (Phi) is 3.53. The Hall–Kier alpha value is -2.47. The summed E-state index contributed by atoms with van der Waals surface area (Å²) in [7, 11) is 0. The van der Waals surface area contributed by atoms with E-state index in [0.717, 1.165) is 16.5 Å². The van der Waals surface area contributed by atoms with E-state index in [9.17, 15) is 9.59 Å². The Bertz CT molecular complexity index is 818. The van der Waals surface area contributed by atoms with Crippen molar-refractivity contribution in [2.45, 2.75) is 12.8 Å². The SMILES string of the molecule is O=C(O)CCC(=O)c1nc(-c2coc3ccccc23)cs1. The normalized spacial score (nSPS) is 10.9. The van der Waals surface area contributed by atoms with Crippen LogP contribution in [-0.2, 0) is 4.79 Å². The van der Waals surface area contributed by atoms with Crippen molar-refractivity contribution in [2.75, 3.05) is 0 Å². The van der Waals surface area contributed by atoms with E-state index in [2.05, 4.69) is 4.98 Å². The highest BCUT2D eigenvalue weighted by Gasteiger charge is 2.16. The second kappa shape index (κ2) is 5.49. The van der Waals surface area contributed by atoms with Crippen molar-refractivity contribution in [3.63, 3.8) is 0 Å². The molecule has 1 N–H and O–H groups in total. The number of aromatic nitrogens is 1. The van der Waals surface area contributed by atoms with E-state index in [0.29, 0.717) is 10.7 Å². The van der Waals surface area contributed by atoms with Gasteiger partial charge in [0.2, 0.25) is 0 Å². The molecule has 106 valence electrons. The molecule has 0 bridgehead atoms. The summed E-state index contributed by atoms with van der Waals surface area (Å²) in [4.78, 5) is 26.6. The quantitative estimate of drug-likeness (QED) is 0.728. The number of carboxylic acid groups (broad SMARTS) is 1. The van der Waals surface area contributed by atoms with Crippen LogP contribution in [0.5, 0.6) is 0 Å². The molecule has 0 saturated heterocycles. The van der Waals surface area contributed by atoms with Crippen LogP contribution in [0.15, 0.2) is 40.3 Å². The van der Waals surface area contributed by atoms with Crippen molar-refractivity contribution >= 4 is 34.1 Å². The lowest BCUT2D eigenvalue weighted by Gasteiger charge is -1.94. The first-order valence-corrected chi connectivity index (χ1v) is 7.20. The minimum absolute atomic E-state index is 0.0333. The summed E-state index contributed by atoms with van der Waals surface area (Å²) < 4.78 is 5.45. The average molecular weight is 301 g/mol. The Balaban J connectivity index is 1.88. The highest BCUT2D eigenvalue weighted by Crippen LogP contribution is 2.31. The lowest BCUT2D eigenvalue weighted by molar-refractivity contribution is -0.136. The first-order valence-electron chi connectivity index (χ1n) is 6.32. The van der Waals surface area contributed by atoms with Gasteiger partial charge in [-0.25, -0.2) is 4.98 Å². The number of fused-ring (bicyclic) bond motifs is 1. The summed E-state index contributed by atoms with van der Waals surface area (Å²) >= 11 is 1.22. The molecule has 6 heteroatoms. The molecule has 0 amide bonds. The van der Waals surface area contributed by atoms with Gasteiger partial charge < -0.3 is 9.52 Å². The number of aliphatic carboxylic acids is 1. The molecule has 0 saturated carbocycles. The molecule has 3 aromatic rings. The average Bonchev–Trinajstić information content (AvgIpc) is 3.10. The van der Waals surface area contributed by atoms with Crippen molar-refractivity contribution in [3.05, 3.63) is 40.9 Å². The van der Waals surface area contributed by atoms with Crippen LogP contribution in [0.2, 0.25) is 0 Å². The number of thiazole rings is 1. The maximum atomic E-state index is 11.9. The Labute approximate surface area is 123 Å². The maximum Gasteiger partial charge on any atom is 0.303 e. The van der Waals surface area contributed by atoms with Crippen LogP contribution in [0.4, 0.5) is 0 Å². The largest absolute Gasteiger partial charge is 0.481 e. The Morgan fingerprint density at radius 3 is 2.86 bits per heavy atom. The number of carboxylic acids is 1. The predicted molar refractivity (Wildman–Crippen MR) is 78.5 cm³/mol. The van der Waals surface area contributed by atoms with E-state index in [1.807, 2.05) is 24.3 Å². The highest BCUT2D eigenvalue weighted by molar-refractivity contribution is 7.12. The van der Waals surface area contributed by atoms with Gasteiger partial charge >= 0.3 is 5.97 Å². The molecule has 2 heterocycles. The second-order valence-corrected chi connectivity index (χ2v) is 5.36. The number of carbonyl (C=O) groups excluding carboxylic acids is 1. The molecule has 2 aromatic heterocycles. The zero-order valence-corrected chi connectivity index (χ0v) is 11.7. The van der Waals surface area contributed by atoms with Crippen molar-refractivity contribution in [1.82, 2.24) is 4.98 Å². The van der Waals surface area contributed by atoms with Gasteiger partial charge in [0.05, 0.1) is 12.1 Å². The van der Waals surface area contributed by atoms with Gasteiger partial charge in [0.1, 0.15) is 11.8 Å². The van der Waals surface area contributed by atoms with Crippen molar-refractivity contribution in [1.29, 1.82) is 0 Å². The summed E-state index contributed by atoms with van der Waals surface area (Å²) in [6.07, 6.45) is 1.40. The van der Waals surface area contributed by atoms with E-state index in [4.69, 9.17) is 9.52 Å². The van der Waals surface area contributed by atoms with Crippen molar-refractivity contribution in [2.24, 2.45) is 0 Å². The van der Waals surface area contributed by atoms with E-state index in [1.54, 1.807) is 11.6 Å². The summed E-state index contributed by atoms with van der Waals surface area (Å²) in [5, 5.41) is 11.7. The van der Waals surface area contributed by atoms with Gasteiger partial charge in [0.15, 0.2) is 10.8 Å². The fourth-order valence-electron chi connectivity index (χ4n) is 2.03. The lowest BCUT2D eigenvalue weighted by Crippen LogP contribution is -2.03. The molecule has 0 aliphatic carbocycles. The van der Waals surface area contributed by atoms with Gasteiger partial charge in [0.25, 0.3) is 0 Å². The third-order valence-electron chi connectivity index (χ3n) is 3.07. The molecule has 0 spiro atoms. The van der Waals surface area contributed by atoms with E-state index in [-0.39, 0.29) is 18.6 Å². The van der Waals surface area contributed by atoms with Crippen LogP contribution in [-0.4, -0.2) is 21.8 Å². The van der Waals surface area contributed by atoms with Crippen molar-refractivity contribution in [3.8, 4) is 11.3 Å². The number of Topliss-reactive ketones (excluding diaryl/α,β-unsaturated/α-hetero) is 1. The van der Waals surface area contributed by atoms with Gasteiger partial charge in [-0.1, -0.05) is 18.2 Å². The minimum Gasteiger partial charge on any atom is -0.481 e. The number of nitrogens with zero attached hydrogens (tertiary/aromatic N) is 1. The summed E-state index contributed by atoms with van der Waals surface area (Å²) in [6.45, 7) is 0. The fourth-order valence-corrected chi connectivity index (χ4v) is 2.82. The number of rotatable bonds is 5. The first-order chi connectivity index (χ1) is 10.1. The molecule has 0 unspecified atom stereocenters. The van der Waals surface area contributed by atoms with Crippen LogP contribution in [0.3, 0.4) is 0 Å². The smallest absolute Gasteiger partial charge is 0.303 e. The van der Waals surface area contributed by atoms with Crippen LogP contribution >= 0.6 is 11.3 Å². The van der Waals surface area contributed by atoms with Crippen LogP contribution in [0.1, 0.15) is 22.6 Å². The molecule has 1 aromatic carbocycles. The number of hydrogen-bond acceptors (Lipinski definition) is 5. The molecule has 3 rings (SSSR count). The van der Waals surface area contributed by atoms with Gasteiger partial charge in [-0.15, -0.1) is 11.3 Å². The lowest BCUT2D eigenvalue weighted by atomic mass is 10.1. The Morgan fingerprint density at radius 1 is 1.24 bits per heavy atom. The number of benzene rings is 1. The fraction of sp³-hybridized carbons (Fsp3) is 0.133. The number of furan rings is 1. The van der Waals surface area contributed by atoms with Crippen molar-refractivity contribution < 1.29 is 19.1 Å². The van der Waals surface area contributed by atoms with Gasteiger partial charge in [-0.2, -0.15) is 0 Å². The van der Waals surface area contributed by atoms with Gasteiger partial charge in [0, 0.05) is 22.8 Å². The number of ketones is 1. The van der Waals surface area contributed by atoms with Crippen LogP contribution < -0.4 is 0 Å². The summed E-state index contributed by atoms with van der Waals surface area (Å²) in [5.41, 5.74) is 2.27. The third-order valence-corrected chi connectivity index (χ3v) is 3.95. The molecular formula is C15H11NO4S. The predicted octanol–water partition coefficient (Wildman–Crippen LogP) is 3.60. The zero-order chi connectivity index (χ0) is 14.8. The molecule has 0 atom stereocenters. The monoisotopic (exact) mass is 301 g/mol. The topological polar surface area (TPSA) is 80.4 Å².